The summed E-state index contributed by atoms with van der Waals surface area (Å²) in [5, 5.41) is 19.1. The van der Waals surface area contributed by atoms with Crippen LogP contribution in [0.25, 0.3) is 0 Å². The van der Waals surface area contributed by atoms with Gasteiger partial charge in [0, 0.05) is 30.4 Å². The van der Waals surface area contributed by atoms with Gasteiger partial charge in [-0.15, -0.1) is 0 Å². The fourth-order valence-corrected chi connectivity index (χ4v) is 2.95. The highest BCUT2D eigenvalue weighted by atomic mass is 16.3. The number of hydrogen-bond donors (Lipinski definition) is 1. The molecule has 0 saturated carbocycles. The highest BCUT2D eigenvalue weighted by Crippen LogP contribution is 2.30. The molecule has 108 valence electrons. The van der Waals surface area contributed by atoms with E-state index in [0.29, 0.717) is 11.6 Å². The number of nitrogens with zero attached hydrogens (tertiary/aromatic N) is 3. The first-order valence-electron chi connectivity index (χ1n) is 7.20. The molecule has 1 heterocycles. The number of anilines is 1. The molecule has 1 unspecified atom stereocenters. The molecule has 0 radical (unpaired) electrons. The molecule has 1 aromatic carbocycles. The van der Waals surface area contributed by atoms with Gasteiger partial charge >= 0.3 is 0 Å². The Balaban J connectivity index is 2.41. The summed E-state index contributed by atoms with van der Waals surface area (Å²) in [4.78, 5) is 4.66. The monoisotopic (exact) mass is 273 g/mol. The van der Waals surface area contributed by atoms with E-state index in [2.05, 4.69) is 29.8 Å². The molecular weight excluding hydrogens is 250 g/mol. The maximum Gasteiger partial charge on any atom is 0.0992 e. The van der Waals surface area contributed by atoms with E-state index < -0.39 is 6.10 Å². The zero-order valence-electron chi connectivity index (χ0n) is 12.5. The summed E-state index contributed by atoms with van der Waals surface area (Å²) < 4.78 is 0. The van der Waals surface area contributed by atoms with Crippen molar-refractivity contribution in [1.82, 2.24) is 4.90 Å². The molecule has 1 fully saturated rings. The Bertz CT molecular complexity index is 507. The van der Waals surface area contributed by atoms with Gasteiger partial charge < -0.3 is 14.9 Å². The Morgan fingerprint density at radius 1 is 1.40 bits per heavy atom. The minimum atomic E-state index is -0.522. The van der Waals surface area contributed by atoms with Crippen molar-refractivity contribution in [3.05, 3.63) is 29.3 Å². The zero-order chi connectivity index (χ0) is 14.7. The third-order valence-electron chi connectivity index (χ3n) is 3.97. The van der Waals surface area contributed by atoms with Crippen LogP contribution in [0.1, 0.15) is 37.5 Å². The summed E-state index contributed by atoms with van der Waals surface area (Å²) in [7, 11) is 2.14. The second-order valence-corrected chi connectivity index (χ2v) is 5.72. The fourth-order valence-electron chi connectivity index (χ4n) is 2.95. The molecule has 1 N–H and O–H groups in total. The number of rotatable bonds is 2. The number of hydrogen-bond acceptors (Lipinski definition) is 4. The maximum atomic E-state index is 9.99. The standard InChI is InChI=1S/C16H23N3O/c1-12-11-18(3)7-4-8-19(12)16-9-14(10-17)5-6-15(16)13(2)20/h5-6,9,12-13,20H,4,7-8,11H2,1-3H3/t12?,13-/m1/s1. The molecule has 1 saturated heterocycles. The van der Waals surface area contributed by atoms with Crippen LogP contribution in [0.2, 0.25) is 0 Å². The Kier molecular flexibility index (Phi) is 4.64. The molecule has 0 aromatic heterocycles. The van der Waals surface area contributed by atoms with Crippen LogP contribution < -0.4 is 4.90 Å². The third kappa shape index (κ3) is 3.12. The third-order valence-corrected chi connectivity index (χ3v) is 3.97. The van der Waals surface area contributed by atoms with Crippen molar-refractivity contribution < 1.29 is 5.11 Å². The zero-order valence-corrected chi connectivity index (χ0v) is 12.5. The van der Waals surface area contributed by atoms with Crippen molar-refractivity contribution in [2.24, 2.45) is 0 Å². The Labute approximate surface area is 121 Å². The average molecular weight is 273 g/mol. The van der Waals surface area contributed by atoms with Gasteiger partial charge in [-0.3, -0.25) is 0 Å². The Morgan fingerprint density at radius 2 is 2.15 bits per heavy atom. The summed E-state index contributed by atoms with van der Waals surface area (Å²) in [6.07, 6.45) is 0.572. The summed E-state index contributed by atoms with van der Waals surface area (Å²) in [5.41, 5.74) is 2.55. The van der Waals surface area contributed by atoms with Crippen molar-refractivity contribution >= 4 is 5.69 Å². The van der Waals surface area contributed by atoms with Gasteiger partial charge in [0.05, 0.1) is 17.7 Å². The second-order valence-electron chi connectivity index (χ2n) is 5.72. The van der Waals surface area contributed by atoms with Crippen LogP contribution >= 0.6 is 0 Å². The van der Waals surface area contributed by atoms with Crippen molar-refractivity contribution in [3.8, 4) is 6.07 Å². The van der Waals surface area contributed by atoms with Crippen LogP contribution in [-0.2, 0) is 0 Å². The molecule has 0 spiro atoms. The van der Waals surface area contributed by atoms with Crippen molar-refractivity contribution in [2.45, 2.75) is 32.4 Å². The second kappa shape index (κ2) is 6.25. The van der Waals surface area contributed by atoms with Crippen molar-refractivity contribution in [1.29, 1.82) is 5.26 Å². The summed E-state index contributed by atoms with van der Waals surface area (Å²) in [6.45, 7) is 7.02. The number of benzene rings is 1. The van der Waals surface area contributed by atoms with Crippen LogP contribution in [-0.4, -0.2) is 42.7 Å². The van der Waals surface area contributed by atoms with E-state index in [4.69, 9.17) is 5.26 Å². The molecule has 1 aliphatic heterocycles. The number of likely N-dealkylation sites (N-methyl/N-ethyl adjacent to an activating group) is 1. The van der Waals surface area contributed by atoms with E-state index in [-0.39, 0.29) is 0 Å². The summed E-state index contributed by atoms with van der Waals surface area (Å²) in [6, 6.07) is 8.12. The van der Waals surface area contributed by atoms with Crippen LogP contribution in [0.4, 0.5) is 5.69 Å². The number of aliphatic hydroxyl groups excluding tert-OH is 1. The van der Waals surface area contributed by atoms with Crippen molar-refractivity contribution in [2.75, 3.05) is 31.6 Å². The highest BCUT2D eigenvalue weighted by molar-refractivity contribution is 5.59. The molecule has 0 amide bonds. The van der Waals surface area contributed by atoms with E-state index in [9.17, 15) is 5.11 Å². The van der Waals surface area contributed by atoms with Gasteiger partial charge in [-0.05, 0) is 46.0 Å². The Morgan fingerprint density at radius 3 is 2.80 bits per heavy atom. The topological polar surface area (TPSA) is 50.5 Å². The van der Waals surface area contributed by atoms with E-state index in [1.807, 2.05) is 12.1 Å². The first-order chi connectivity index (χ1) is 9.52. The summed E-state index contributed by atoms with van der Waals surface area (Å²) in [5.74, 6) is 0. The SMILES string of the molecule is CC1CN(C)CCCN1c1cc(C#N)ccc1[C@@H](C)O. The van der Waals surface area contributed by atoms with E-state index in [1.165, 1.54) is 0 Å². The Hall–Kier alpha value is -1.57. The predicted octanol–water partition coefficient (Wildman–Crippen LogP) is 2.14. The summed E-state index contributed by atoms with van der Waals surface area (Å²) >= 11 is 0. The molecule has 2 atom stereocenters. The lowest BCUT2D eigenvalue weighted by atomic mass is 10.0. The van der Waals surface area contributed by atoms with Crippen LogP contribution in [0.3, 0.4) is 0 Å². The van der Waals surface area contributed by atoms with Gasteiger partial charge in [-0.1, -0.05) is 6.07 Å². The lowest BCUT2D eigenvalue weighted by Crippen LogP contribution is -2.38. The maximum absolute atomic E-state index is 9.99. The highest BCUT2D eigenvalue weighted by Gasteiger charge is 2.23. The van der Waals surface area contributed by atoms with E-state index >= 15 is 0 Å². The van der Waals surface area contributed by atoms with Crippen LogP contribution in [0.5, 0.6) is 0 Å². The van der Waals surface area contributed by atoms with Crippen molar-refractivity contribution in [3.63, 3.8) is 0 Å². The molecule has 0 aliphatic carbocycles. The minimum Gasteiger partial charge on any atom is -0.389 e. The molecule has 20 heavy (non-hydrogen) atoms. The molecule has 4 heteroatoms. The van der Waals surface area contributed by atoms with Gasteiger partial charge in [0.25, 0.3) is 0 Å². The number of aliphatic hydroxyl groups is 1. The smallest absolute Gasteiger partial charge is 0.0992 e. The first kappa shape index (κ1) is 14.8. The van der Waals surface area contributed by atoms with Crippen LogP contribution in [0, 0.1) is 11.3 Å². The number of nitriles is 1. The molecule has 2 rings (SSSR count). The minimum absolute atomic E-state index is 0.369. The molecule has 1 aromatic rings. The average Bonchev–Trinajstić information content (AvgIpc) is 2.58. The lowest BCUT2D eigenvalue weighted by molar-refractivity contribution is 0.199. The lowest BCUT2D eigenvalue weighted by Gasteiger charge is -2.32. The predicted molar refractivity (Wildman–Crippen MR) is 80.7 cm³/mol. The first-order valence-corrected chi connectivity index (χ1v) is 7.20. The van der Waals surface area contributed by atoms with E-state index in [0.717, 1.165) is 37.3 Å². The molecule has 1 aliphatic rings. The van der Waals surface area contributed by atoms with Gasteiger partial charge in [0.15, 0.2) is 0 Å². The molecule has 0 bridgehead atoms. The van der Waals surface area contributed by atoms with E-state index in [1.54, 1.807) is 13.0 Å². The normalized spacial score (nSPS) is 22.1. The van der Waals surface area contributed by atoms with Gasteiger partial charge in [0.1, 0.15) is 0 Å². The van der Waals surface area contributed by atoms with Gasteiger partial charge in [0.2, 0.25) is 0 Å². The van der Waals surface area contributed by atoms with Gasteiger partial charge in [-0.2, -0.15) is 5.26 Å². The largest absolute Gasteiger partial charge is 0.389 e. The molecule has 4 nitrogen and oxygen atoms in total. The van der Waals surface area contributed by atoms with Crippen LogP contribution in [0.15, 0.2) is 18.2 Å². The quantitative estimate of drug-likeness (QED) is 0.897. The fraction of sp³-hybridized carbons (Fsp3) is 0.562. The van der Waals surface area contributed by atoms with Gasteiger partial charge in [-0.25, -0.2) is 0 Å². The molecular formula is C16H23N3O.